The van der Waals surface area contributed by atoms with E-state index in [-0.39, 0.29) is 12.4 Å². The number of pyridine rings is 1. The highest BCUT2D eigenvalue weighted by Gasteiger charge is 2.32. The van der Waals surface area contributed by atoms with E-state index in [9.17, 15) is 26.4 Å². The predicted octanol–water partition coefficient (Wildman–Crippen LogP) is 3.93. The van der Waals surface area contributed by atoms with Crippen LogP contribution in [0.5, 0.6) is 0 Å². The summed E-state index contributed by atoms with van der Waals surface area (Å²) in [5.74, 6) is -0.391. The summed E-state index contributed by atoms with van der Waals surface area (Å²) in [5, 5.41) is 5.52. The molecule has 0 saturated heterocycles. The quantitative estimate of drug-likeness (QED) is 0.482. The minimum absolute atomic E-state index is 0.0512. The molecular weight excluding hydrogens is 445 g/mol. The van der Waals surface area contributed by atoms with E-state index >= 15 is 0 Å². The molecule has 0 aliphatic rings. The Morgan fingerprint density at radius 1 is 1.19 bits per heavy atom. The van der Waals surface area contributed by atoms with Gasteiger partial charge in [-0.15, -0.1) is 0 Å². The largest absolute Gasteiger partial charge is 0.433 e. The Morgan fingerprint density at radius 2 is 1.91 bits per heavy atom. The third-order valence-electron chi connectivity index (χ3n) is 4.23. The number of sulfonamides is 1. The smallest absolute Gasteiger partial charge is 0.370 e. The van der Waals surface area contributed by atoms with Crippen molar-refractivity contribution in [1.82, 2.24) is 10.3 Å². The second-order valence-corrected chi connectivity index (χ2v) is 8.88. The summed E-state index contributed by atoms with van der Waals surface area (Å²) in [6.07, 6.45) is -0.201. The Balaban J connectivity index is 2.06. The summed E-state index contributed by atoms with van der Waals surface area (Å²) in [7, 11) is -3.39. The lowest BCUT2D eigenvalue weighted by Crippen LogP contribution is -2.20. The minimum atomic E-state index is -4.56. The van der Waals surface area contributed by atoms with Crippen LogP contribution >= 0.6 is 0 Å². The number of alkyl halides is 3. The second-order valence-electron chi connectivity index (χ2n) is 7.13. The van der Waals surface area contributed by atoms with Crippen molar-refractivity contribution in [3.63, 3.8) is 0 Å². The number of anilines is 2. The van der Waals surface area contributed by atoms with Gasteiger partial charge in [0.15, 0.2) is 0 Å². The lowest BCUT2D eigenvalue weighted by Gasteiger charge is -2.12. The summed E-state index contributed by atoms with van der Waals surface area (Å²) >= 11 is 0. The molecule has 32 heavy (non-hydrogen) atoms. The van der Waals surface area contributed by atoms with E-state index in [0.717, 1.165) is 17.9 Å². The molecule has 1 heterocycles. The molecule has 0 unspecified atom stereocenters. The molecule has 1 amide bonds. The number of hydrogen-bond acceptors (Lipinski definition) is 5. The van der Waals surface area contributed by atoms with Crippen LogP contribution in [0.2, 0.25) is 0 Å². The average molecular weight is 471 g/mol. The molecule has 0 spiro atoms. The van der Waals surface area contributed by atoms with Gasteiger partial charge in [0.1, 0.15) is 11.5 Å². The van der Waals surface area contributed by atoms with Crippen molar-refractivity contribution in [1.29, 1.82) is 0 Å². The number of carbonyl (C=O) groups excluding carboxylic acids is 1. The maximum Gasteiger partial charge on any atom is 0.433 e. The Morgan fingerprint density at radius 3 is 2.50 bits per heavy atom. The summed E-state index contributed by atoms with van der Waals surface area (Å²) in [4.78, 5) is 15.8. The molecule has 2 aromatic rings. The topological polar surface area (TPSA) is 100 Å². The van der Waals surface area contributed by atoms with E-state index < -0.39 is 27.8 Å². The number of nitrogens with one attached hydrogen (secondary N) is 3. The van der Waals surface area contributed by atoms with Gasteiger partial charge < -0.3 is 10.6 Å². The molecule has 0 saturated carbocycles. The highest BCUT2D eigenvalue weighted by Crippen LogP contribution is 2.29. The van der Waals surface area contributed by atoms with Crippen molar-refractivity contribution in [2.45, 2.75) is 33.0 Å². The van der Waals surface area contributed by atoms with E-state index in [0.29, 0.717) is 29.8 Å². The van der Waals surface area contributed by atoms with E-state index in [4.69, 9.17) is 0 Å². The third-order valence-corrected chi connectivity index (χ3v) is 4.82. The number of aryl methyl sites for hydroxylation is 1. The zero-order valence-electron chi connectivity index (χ0n) is 17.9. The SMILES string of the molecule is CCCNc1nc(C(F)(F)F)ccc1/C=C/C(=O)NCc1ccc(NS(C)(=O)=O)c(C)c1. The summed E-state index contributed by atoms with van der Waals surface area (Å²) in [6.45, 7) is 4.23. The van der Waals surface area contributed by atoms with E-state index in [2.05, 4.69) is 20.3 Å². The first kappa shape index (κ1) is 25.2. The van der Waals surface area contributed by atoms with E-state index in [1.54, 1.807) is 25.1 Å². The molecule has 0 fully saturated rings. The van der Waals surface area contributed by atoms with Crippen LogP contribution in [0.3, 0.4) is 0 Å². The number of halogens is 3. The van der Waals surface area contributed by atoms with Crippen LogP contribution in [0.1, 0.15) is 35.7 Å². The number of nitrogens with zero attached hydrogens (tertiary/aromatic N) is 1. The number of hydrogen-bond donors (Lipinski definition) is 3. The lowest BCUT2D eigenvalue weighted by atomic mass is 10.1. The number of benzene rings is 1. The maximum absolute atomic E-state index is 12.9. The molecule has 3 N–H and O–H groups in total. The van der Waals surface area contributed by atoms with Crippen molar-refractivity contribution < 1.29 is 26.4 Å². The van der Waals surface area contributed by atoms with Crippen molar-refractivity contribution >= 4 is 33.5 Å². The van der Waals surface area contributed by atoms with Gasteiger partial charge >= 0.3 is 6.18 Å². The summed E-state index contributed by atoms with van der Waals surface area (Å²) in [6, 6.07) is 7.15. The summed E-state index contributed by atoms with van der Waals surface area (Å²) in [5.41, 5.74) is 1.24. The van der Waals surface area contributed by atoms with Crippen molar-refractivity contribution in [3.8, 4) is 0 Å². The molecule has 174 valence electrons. The van der Waals surface area contributed by atoms with Gasteiger partial charge in [-0.1, -0.05) is 19.1 Å². The molecule has 0 atom stereocenters. The maximum atomic E-state index is 12.9. The van der Waals surface area contributed by atoms with Gasteiger partial charge in [-0.3, -0.25) is 9.52 Å². The van der Waals surface area contributed by atoms with Crippen LogP contribution in [0.15, 0.2) is 36.4 Å². The molecule has 7 nitrogen and oxygen atoms in total. The zero-order chi connectivity index (χ0) is 23.9. The Labute approximate surface area is 185 Å². The van der Waals surface area contributed by atoms with Crippen molar-refractivity contribution in [2.75, 3.05) is 22.8 Å². The minimum Gasteiger partial charge on any atom is -0.370 e. The lowest BCUT2D eigenvalue weighted by molar-refractivity contribution is -0.141. The first-order valence-electron chi connectivity index (χ1n) is 9.74. The fourth-order valence-corrected chi connectivity index (χ4v) is 3.34. The molecule has 0 aliphatic carbocycles. The molecule has 1 aromatic carbocycles. The van der Waals surface area contributed by atoms with Crippen LogP contribution in [0, 0.1) is 6.92 Å². The van der Waals surface area contributed by atoms with Gasteiger partial charge in [-0.2, -0.15) is 13.2 Å². The molecule has 2 rings (SSSR count). The monoisotopic (exact) mass is 470 g/mol. The van der Waals surface area contributed by atoms with Crippen LogP contribution in [-0.2, 0) is 27.5 Å². The molecule has 1 aromatic heterocycles. The van der Waals surface area contributed by atoms with Crippen LogP contribution in [0.4, 0.5) is 24.7 Å². The average Bonchev–Trinajstić information content (AvgIpc) is 2.69. The fourth-order valence-electron chi connectivity index (χ4n) is 2.71. The van der Waals surface area contributed by atoms with Gasteiger partial charge in [-0.05, 0) is 48.7 Å². The van der Waals surface area contributed by atoms with Crippen LogP contribution in [0.25, 0.3) is 6.08 Å². The second kappa shape index (κ2) is 10.5. The zero-order valence-corrected chi connectivity index (χ0v) is 18.7. The van der Waals surface area contributed by atoms with E-state index in [1.807, 2.05) is 6.92 Å². The van der Waals surface area contributed by atoms with E-state index in [1.165, 1.54) is 18.2 Å². The summed E-state index contributed by atoms with van der Waals surface area (Å²) < 4.78 is 63.9. The first-order chi connectivity index (χ1) is 14.9. The highest BCUT2D eigenvalue weighted by molar-refractivity contribution is 7.92. The van der Waals surface area contributed by atoms with Crippen LogP contribution in [-0.4, -0.2) is 32.1 Å². The first-order valence-corrected chi connectivity index (χ1v) is 11.6. The third kappa shape index (κ3) is 7.88. The number of rotatable bonds is 9. The molecular formula is C21H25F3N4O3S. The number of aromatic nitrogens is 1. The highest BCUT2D eigenvalue weighted by atomic mass is 32.2. The van der Waals surface area contributed by atoms with Gasteiger partial charge in [-0.25, -0.2) is 13.4 Å². The van der Waals surface area contributed by atoms with Crippen molar-refractivity contribution in [2.24, 2.45) is 0 Å². The predicted molar refractivity (Wildman–Crippen MR) is 119 cm³/mol. The normalized spacial score (nSPS) is 12.1. The van der Waals surface area contributed by atoms with Gasteiger partial charge in [0.2, 0.25) is 15.9 Å². The Kier molecular flexibility index (Phi) is 8.25. The molecule has 0 aliphatic heterocycles. The molecule has 0 radical (unpaired) electrons. The fraction of sp³-hybridized carbons (Fsp3) is 0.333. The van der Waals surface area contributed by atoms with Gasteiger partial charge in [0, 0.05) is 24.7 Å². The standard InChI is InChI=1S/C21H25F3N4O3S/c1-4-11-25-20-16(6-9-18(27-20)21(22,23)24)7-10-19(29)26-13-15-5-8-17(14(2)12-15)28-32(3,30)31/h5-10,12,28H,4,11,13H2,1-3H3,(H,25,27)(H,26,29)/b10-7+. The number of amides is 1. The van der Waals surface area contributed by atoms with Crippen molar-refractivity contribution in [3.05, 3.63) is 58.8 Å². The van der Waals surface area contributed by atoms with Crippen LogP contribution < -0.4 is 15.4 Å². The Bertz CT molecular complexity index is 1100. The number of carbonyl (C=O) groups is 1. The molecule has 0 bridgehead atoms. The Hall–Kier alpha value is -3.08. The van der Waals surface area contributed by atoms with Gasteiger partial charge in [0.25, 0.3) is 0 Å². The van der Waals surface area contributed by atoms with Gasteiger partial charge in [0.05, 0.1) is 11.9 Å². The molecule has 11 heteroatoms.